The maximum atomic E-state index is 12.0. The van der Waals surface area contributed by atoms with Gasteiger partial charge in [-0.3, -0.25) is 9.78 Å². The van der Waals surface area contributed by atoms with Gasteiger partial charge in [0.25, 0.3) is 0 Å². The van der Waals surface area contributed by atoms with Crippen molar-refractivity contribution < 1.29 is 4.79 Å². The second-order valence-electron chi connectivity index (χ2n) is 3.80. The molecule has 3 nitrogen and oxygen atoms in total. The number of carbonyl (C=O) groups is 1. The largest absolute Gasteiger partial charge is 0.340 e. The predicted octanol–water partition coefficient (Wildman–Crippen LogP) is 2.16. The van der Waals surface area contributed by atoms with Gasteiger partial charge in [0.05, 0.1) is 12.2 Å². The molecule has 0 saturated heterocycles. The highest BCUT2D eigenvalue weighted by Gasteiger charge is 2.23. The SMILES string of the molecule is O=C1C(=Cc2ccncc2)Cn2cccc21. The smallest absolute Gasteiger partial charge is 0.207 e. The summed E-state index contributed by atoms with van der Waals surface area (Å²) in [4.78, 5) is 15.9. The molecule has 0 aromatic carbocycles. The third-order valence-electron chi connectivity index (χ3n) is 2.74. The van der Waals surface area contributed by atoms with Crippen LogP contribution in [-0.4, -0.2) is 15.3 Å². The van der Waals surface area contributed by atoms with E-state index in [9.17, 15) is 4.79 Å². The van der Waals surface area contributed by atoms with Crippen LogP contribution in [0.5, 0.6) is 0 Å². The first-order chi connectivity index (χ1) is 7.84. The lowest BCUT2D eigenvalue weighted by Crippen LogP contribution is -1.94. The van der Waals surface area contributed by atoms with Crippen molar-refractivity contribution in [2.75, 3.05) is 0 Å². The molecule has 0 N–H and O–H groups in total. The van der Waals surface area contributed by atoms with Gasteiger partial charge in [0, 0.05) is 24.2 Å². The summed E-state index contributed by atoms with van der Waals surface area (Å²) in [6, 6.07) is 7.55. The standard InChI is InChI=1S/C13H10N2O/c16-13-11(8-10-3-5-14-6-4-10)9-15-7-1-2-12(13)15/h1-8H,9H2. The van der Waals surface area contributed by atoms with E-state index in [1.807, 2.05) is 41.1 Å². The molecule has 3 heteroatoms. The van der Waals surface area contributed by atoms with Crippen LogP contribution in [0, 0.1) is 0 Å². The number of rotatable bonds is 1. The fraction of sp³-hybridized carbons (Fsp3) is 0.0769. The molecule has 0 aliphatic carbocycles. The molecule has 0 saturated carbocycles. The van der Waals surface area contributed by atoms with Crippen LogP contribution in [0.1, 0.15) is 16.1 Å². The zero-order valence-corrected chi connectivity index (χ0v) is 8.63. The first kappa shape index (κ1) is 9.09. The average molecular weight is 210 g/mol. The van der Waals surface area contributed by atoms with E-state index in [1.54, 1.807) is 12.4 Å². The van der Waals surface area contributed by atoms with E-state index in [0.29, 0.717) is 6.54 Å². The number of pyridine rings is 1. The summed E-state index contributed by atoms with van der Waals surface area (Å²) in [7, 11) is 0. The Balaban J connectivity index is 1.98. The molecule has 0 unspecified atom stereocenters. The fourth-order valence-electron chi connectivity index (χ4n) is 1.95. The third-order valence-corrected chi connectivity index (χ3v) is 2.74. The highest BCUT2D eigenvalue weighted by molar-refractivity contribution is 6.12. The van der Waals surface area contributed by atoms with E-state index in [-0.39, 0.29) is 5.78 Å². The Morgan fingerprint density at radius 2 is 2.06 bits per heavy atom. The van der Waals surface area contributed by atoms with Gasteiger partial charge in [0.15, 0.2) is 0 Å². The summed E-state index contributed by atoms with van der Waals surface area (Å²) < 4.78 is 1.97. The van der Waals surface area contributed by atoms with Crippen molar-refractivity contribution in [3.05, 3.63) is 59.7 Å². The van der Waals surface area contributed by atoms with Crippen LogP contribution < -0.4 is 0 Å². The lowest BCUT2D eigenvalue weighted by Gasteiger charge is -1.95. The summed E-state index contributed by atoms with van der Waals surface area (Å²) in [5.41, 5.74) is 2.63. The summed E-state index contributed by atoms with van der Waals surface area (Å²) in [5.74, 6) is 0.127. The molecule has 2 aromatic heterocycles. The topological polar surface area (TPSA) is 34.9 Å². The average Bonchev–Trinajstić information content (AvgIpc) is 2.86. The summed E-state index contributed by atoms with van der Waals surface area (Å²) in [6.45, 7) is 0.670. The lowest BCUT2D eigenvalue weighted by atomic mass is 10.1. The zero-order chi connectivity index (χ0) is 11.0. The van der Waals surface area contributed by atoms with Crippen LogP contribution in [0.4, 0.5) is 0 Å². The minimum atomic E-state index is 0.127. The molecular weight excluding hydrogens is 200 g/mol. The number of fused-ring (bicyclic) bond motifs is 1. The van der Waals surface area contributed by atoms with Crippen LogP contribution in [0.15, 0.2) is 48.4 Å². The fourth-order valence-corrected chi connectivity index (χ4v) is 1.95. The second kappa shape index (κ2) is 3.45. The highest BCUT2D eigenvalue weighted by atomic mass is 16.1. The van der Waals surface area contributed by atoms with Crippen LogP contribution >= 0.6 is 0 Å². The summed E-state index contributed by atoms with van der Waals surface area (Å²) in [5, 5.41) is 0. The van der Waals surface area contributed by atoms with E-state index in [2.05, 4.69) is 4.98 Å². The molecule has 0 atom stereocenters. The van der Waals surface area contributed by atoms with Crippen molar-refractivity contribution in [1.82, 2.24) is 9.55 Å². The summed E-state index contributed by atoms with van der Waals surface area (Å²) >= 11 is 0. The number of aromatic nitrogens is 2. The molecule has 2 aromatic rings. The van der Waals surface area contributed by atoms with Gasteiger partial charge in [-0.15, -0.1) is 0 Å². The van der Waals surface area contributed by atoms with Crippen molar-refractivity contribution in [2.45, 2.75) is 6.54 Å². The van der Waals surface area contributed by atoms with Gasteiger partial charge in [-0.2, -0.15) is 0 Å². The van der Waals surface area contributed by atoms with Crippen LogP contribution in [-0.2, 0) is 6.54 Å². The van der Waals surface area contributed by atoms with Crippen LogP contribution in [0.2, 0.25) is 0 Å². The number of hydrogen-bond acceptors (Lipinski definition) is 2. The molecule has 0 fully saturated rings. The molecule has 78 valence electrons. The highest BCUT2D eigenvalue weighted by Crippen LogP contribution is 2.22. The number of Topliss-reactive ketones (excluding diaryl/α,β-unsaturated/α-hetero) is 1. The van der Waals surface area contributed by atoms with Gasteiger partial charge >= 0.3 is 0 Å². The first-order valence-corrected chi connectivity index (χ1v) is 5.15. The Bertz CT molecular complexity index is 567. The van der Waals surface area contributed by atoms with E-state index in [4.69, 9.17) is 0 Å². The molecule has 0 spiro atoms. The van der Waals surface area contributed by atoms with Gasteiger partial charge in [-0.25, -0.2) is 0 Å². The number of ketones is 1. The van der Waals surface area contributed by atoms with Gasteiger partial charge < -0.3 is 4.57 Å². The maximum absolute atomic E-state index is 12.0. The quantitative estimate of drug-likeness (QED) is 0.676. The van der Waals surface area contributed by atoms with Crippen LogP contribution in [0.25, 0.3) is 6.08 Å². The molecule has 0 radical (unpaired) electrons. The normalized spacial score (nSPS) is 16.8. The predicted molar refractivity (Wildman–Crippen MR) is 61.0 cm³/mol. The minimum absolute atomic E-state index is 0.127. The maximum Gasteiger partial charge on any atom is 0.207 e. The zero-order valence-electron chi connectivity index (χ0n) is 8.63. The van der Waals surface area contributed by atoms with Gasteiger partial charge in [-0.1, -0.05) is 0 Å². The molecular formula is C13H10N2O. The molecule has 0 bridgehead atoms. The van der Waals surface area contributed by atoms with E-state index < -0.39 is 0 Å². The van der Waals surface area contributed by atoms with E-state index >= 15 is 0 Å². The number of nitrogens with zero attached hydrogens (tertiary/aromatic N) is 2. The van der Waals surface area contributed by atoms with Gasteiger partial charge in [0.1, 0.15) is 0 Å². The van der Waals surface area contributed by atoms with Crippen molar-refractivity contribution in [2.24, 2.45) is 0 Å². The number of hydrogen-bond donors (Lipinski definition) is 0. The van der Waals surface area contributed by atoms with Crippen LogP contribution in [0.3, 0.4) is 0 Å². The Hall–Kier alpha value is -2.16. The molecule has 16 heavy (non-hydrogen) atoms. The van der Waals surface area contributed by atoms with Crippen molar-refractivity contribution in [3.63, 3.8) is 0 Å². The Labute approximate surface area is 93.1 Å². The van der Waals surface area contributed by atoms with E-state index in [0.717, 1.165) is 16.8 Å². The third kappa shape index (κ3) is 1.37. The Kier molecular flexibility index (Phi) is 1.96. The van der Waals surface area contributed by atoms with Gasteiger partial charge in [-0.05, 0) is 35.9 Å². The number of carbonyl (C=O) groups excluding carboxylic acids is 1. The van der Waals surface area contributed by atoms with Crippen molar-refractivity contribution in [1.29, 1.82) is 0 Å². The number of allylic oxidation sites excluding steroid dienone is 1. The lowest BCUT2D eigenvalue weighted by molar-refractivity contribution is 0.103. The van der Waals surface area contributed by atoms with E-state index in [1.165, 1.54) is 0 Å². The molecule has 0 amide bonds. The summed E-state index contributed by atoms with van der Waals surface area (Å²) in [6.07, 6.45) is 7.32. The van der Waals surface area contributed by atoms with Crippen molar-refractivity contribution in [3.8, 4) is 0 Å². The minimum Gasteiger partial charge on any atom is -0.340 e. The Morgan fingerprint density at radius 3 is 2.81 bits per heavy atom. The molecule has 3 rings (SSSR count). The molecule has 1 aliphatic heterocycles. The van der Waals surface area contributed by atoms with Crippen molar-refractivity contribution >= 4 is 11.9 Å². The molecule has 3 heterocycles. The van der Waals surface area contributed by atoms with Gasteiger partial charge in [0.2, 0.25) is 5.78 Å². The first-order valence-electron chi connectivity index (χ1n) is 5.15. The molecule has 1 aliphatic rings. The monoisotopic (exact) mass is 210 g/mol. The Morgan fingerprint density at radius 1 is 1.25 bits per heavy atom. The second-order valence-corrected chi connectivity index (χ2v) is 3.80.